The third kappa shape index (κ3) is 4.35. The Morgan fingerprint density at radius 2 is 1.93 bits per heavy atom. The topological polar surface area (TPSA) is 67.3 Å². The van der Waals surface area contributed by atoms with Gasteiger partial charge in [0, 0.05) is 19.0 Å². The molecule has 0 saturated carbocycles. The summed E-state index contributed by atoms with van der Waals surface area (Å²) in [6, 6.07) is 5.18. The average Bonchev–Trinajstić information content (AvgIpc) is 2.25. The Bertz CT molecular complexity index is 335. The van der Waals surface area contributed by atoms with Crippen LogP contribution in [-0.4, -0.2) is 21.8 Å². The second kappa shape index (κ2) is 5.90. The van der Waals surface area contributed by atoms with Gasteiger partial charge in [0.2, 0.25) is 0 Å². The summed E-state index contributed by atoms with van der Waals surface area (Å²) in [6.45, 7) is 0. The number of hydrogen-bond acceptors (Lipinski definition) is 3. The van der Waals surface area contributed by atoms with Crippen molar-refractivity contribution in [3.8, 4) is 0 Å². The third-order valence-corrected chi connectivity index (χ3v) is 2.00. The molecule has 4 heteroatoms. The molecule has 0 atom stereocenters. The smallest absolute Gasteiger partial charge is 0.303 e. The monoisotopic (exact) mass is 207 g/mol. The highest BCUT2D eigenvalue weighted by molar-refractivity contribution is 5.94. The molecule has 1 rings (SSSR count). The zero-order valence-corrected chi connectivity index (χ0v) is 8.35. The van der Waals surface area contributed by atoms with Gasteiger partial charge < -0.3 is 5.11 Å². The van der Waals surface area contributed by atoms with Gasteiger partial charge in [0.05, 0.1) is 0 Å². The van der Waals surface area contributed by atoms with E-state index in [1.807, 2.05) is 0 Å². The van der Waals surface area contributed by atoms with Crippen LogP contribution in [0.25, 0.3) is 0 Å². The first-order chi connectivity index (χ1) is 7.20. The molecule has 0 amide bonds. The number of unbranched alkanes of at least 4 members (excludes halogenated alkanes) is 1. The number of aliphatic carboxylic acids is 1. The number of carbonyl (C=O) groups is 2. The van der Waals surface area contributed by atoms with E-state index in [-0.39, 0.29) is 12.2 Å². The van der Waals surface area contributed by atoms with Gasteiger partial charge in [-0.1, -0.05) is 6.07 Å². The van der Waals surface area contributed by atoms with Crippen LogP contribution in [0.4, 0.5) is 0 Å². The SMILES string of the molecule is O=C(O)CCCCC(=O)c1ccccn1. The summed E-state index contributed by atoms with van der Waals surface area (Å²) in [4.78, 5) is 25.6. The Labute approximate surface area is 88.0 Å². The van der Waals surface area contributed by atoms with E-state index in [4.69, 9.17) is 5.11 Å². The van der Waals surface area contributed by atoms with Gasteiger partial charge in [0.1, 0.15) is 5.69 Å². The van der Waals surface area contributed by atoms with Gasteiger partial charge in [-0.25, -0.2) is 0 Å². The molecule has 0 saturated heterocycles. The van der Waals surface area contributed by atoms with E-state index < -0.39 is 5.97 Å². The van der Waals surface area contributed by atoms with Crippen molar-refractivity contribution >= 4 is 11.8 Å². The van der Waals surface area contributed by atoms with E-state index in [9.17, 15) is 9.59 Å². The Kier molecular flexibility index (Phi) is 4.47. The molecule has 0 aliphatic heterocycles. The Morgan fingerprint density at radius 1 is 1.20 bits per heavy atom. The number of hydrogen-bond donors (Lipinski definition) is 1. The van der Waals surface area contributed by atoms with Gasteiger partial charge in [-0.05, 0) is 25.0 Å². The van der Waals surface area contributed by atoms with Crippen molar-refractivity contribution in [1.29, 1.82) is 0 Å². The maximum absolute atomic E-state index is 11.5. The molecule has 0 spiro atoms. The van der Waals surface area contributed by atoms with Gasteiger partial charge >= 0.3 is 5.97 Å². The number of carboxylic acid groups (broad SMARTS) is 1. The summed E-state index contributed by atoms with van der Waals surface area (Å²) < 4.78 is 0. The molecular weight excluding hydrogens is 194 g/mol. The van der Waals surface area contributed by atoms with Crippen LogP contribution < -0.4 is 0 Å². The summed E-state index contributed by atoms with van der Waals surface area (Å²) in [7, 11) is 0. The molecule has 1 aromatic rings. The van der Waals surface area contributed by atoms with Gasteiger partial charge in [0.15, 0.2) is 5.78 Å². The predicted molar refractivity (Wildman–Crippen MR) is 54.7 cm³/mol. The second-order valence-electron chi connectivity index (χ2n) is 3.24. The lowest BCUT2D eigenvalue weighted by molar-refractivity contribution is -0.137. The minimum Gasteiger partial charge on any atom is -0.481 e. The number of aromatic nitrogens is 1. The summed E-state index contributed by atoms with van der Waals surface area (Å²) in [5.41, 5.74) is 0.452. The Hall–Kier alpha value is -1.71. The number of nitrogens with zero attached hydrogens (tertiary/aromatic N) is 1. The van der Waals surface area contributed by atoms with Crippen LogP contribution in [0.3, 0.4) is 0 Å². The van der Waals surface area contributed by atoms with Crippen molar-refractivity contribution in [1.82, 2.24) is 4.98 Å². The fourth-order valence-corrected chi connectivity index (χ4v) is 1.22. The number of Topliss-reactive ketones (excluding diaryl/α,β-unsaturated/α-hetero) is 1. The summed E-state index contributed by atoms with van der Waals surface area (Å²) in [5.74, 6) is -0.846. The molecule has 80 valence electrons. The largest absolute Gasteiger partial charge is 0.481 e. The maximum Gasteiger partial charge on any atom is 0.303 e. The highest BCUT2D eigenvalue weighted by atomic mass is 16.4. The van der Waals surface area contributed by atoms with Crippen LogP contribution in [-0.2, 0) is 4.79 Å². The molecular formula is C11H13NO3. The fourth-order valence-electron chi connectivity index (χ4n) is 1.22. The third-order valence-electron chi connectivity index (χ3n) is 2.00. The number of carboxylic acids is 1. The van der Waals surface area contributed by atoms with E-state index in [1.165, 1.54) is 0 Å². The van der Waals surface area contributed by atoms with Crippen molar-refractivity contribution < 1.29 is 14.7 Å². The molecule has 4 nitrogen and oxygen atoms in total. The lowest BCUT2D eigenvalue weighted by atomic mass is 10.1. The Balaban J connectivity index is 2.28. The minimum atomic E-state index is -0.819. The molecule has 0 fully saturated rings. The minimum absolute atomic E-state index is 0.0269. The van der Waals surface area contributed by atoms with Crippen molar-refractivity contribution in [2.24, 2.45) is 0 Å². The predicted octanol–water partition coefficient (Wildman–Crippen LogP) is 1.91. The van der Waals surface area contributed by atoms with Crippen molar-refractivity contribution in [3.05, 3.63) is 30.1 Å². The fraction of sp³-hybridized carbons (Fsp3) is 0.364. The molecule has 15 heavy (non-hydrogen) atoms. The van der Waals surface area contributed by atoms with E-state index in [2.05, 4.69) is 4.98 Å². The van der Waals surface area contributed by atoms with E-state index in [1.54, 1.807) is 24.4 Å². The van der Waals surface area contributed by atoms with Gasteiger partial charge in [-0.3, -0.25) is 14.6 Å². The summed E-state index contributed by atoms with van der Waals surface area (Å²) >= 11 is 0. The first-order valence-electron chi connectivity index (χ1n) is 4.86. The Morgan fingerprint density at radius 3 is 2.53 bits per heavy atom. The maximum atomic E-state index is 11.5. The number of ketones is 1. The summed E-state index contributed by atoms with van der Waals surface area (Å²) in [5, 5.41) is 8.40. The van der Waals surface area contributed by atoms with Crippen molar-refractivity contribution in [2.45, 2.75) is 25.7 Å². The quantitative estimate of drug-likeness (QED) is 0.571. The molecule has 0 aliphatic carbocycles. The highest BCUT2D eigenvalue weighted by Crippen LogP contribution is 2.05. The van der Waals surface area contributed by atoms with E-state index in [0.717, 1.165) is 0 Å². The van der Waals surface area contributed by atoms with E-state index >= 15 is 0 Å². The molecule has 0 bridgehead atoms. The molecule has 0 unspecified atom stereocenters. The van der Waals surface area contributed by atoms with E-state index in [0.29, 0.717) is 25.0 Å². The number of pyridine rings is 1. The second-order valence-corrected chi connectivity index (χ2v) is 3.24. The van der Waals surface area contributed by atoms with Crippen LogP contribution in [0, 0.1) is 0 Å². The molecule has 1 aromatic heterocycles. The summed E-state index contributed by atoms with van der Waals surface area (Å²) in [6.07, 6.45) is 3.19. The highest BCUT2D eigenvalue weighted by Gasteiger charge is 2.06. The molecule has 0 radical (unpaired) electrons. The van der Waals surface area contributed by atoms with Crippen LogP contribution in [0.15, 0.2) is 24.4 Å². The van der Waals surface area contributed by atoms with Gasteiger partial charge in [-0.15, -0.1) is 0 Å². The standard InChI is InChI=1S/C11H13NO3/c13-10(6-1-2-7-11(14)15)9-5-3-4-8-12-9/h3-5,8H,1-2,6-7H2,(H,14,15). The van der Waals surface area contributed by atoms with Crippen LogP contribution in [0.5, 0.6) is 0 Å². The van der Waals surface area contributed by atoms with Gasteiger partial charge in [-0.2, -0.15) is 0 Å². The normalized spacial score (nSPS) is 9.87. The zero-order valence-electron chi connectivity index (χ0n) is 8.35. The number of rotatable bonds is 6. The van der Waals surface area contributed by atoms with Crippen LogP contribution >= 0.6 is 0 Å². The average molecular weight is 207 g/mol. The van der Waals surface area contributed by atoms with Crippen LogP contribution in [0.1, 0.15) is 36.2 Å². The first-order valence-corrected chi connectivity index (χ1v) is 4.86. The zero-order chi connectivity index (χ0) is 11.1. The van der Waals surface area contributed by atoms with Gasteiger partial charge in [0.25, 0.3) is 0 Å². The first kappa shape index (κ1) is 11.4. The number of carbonyl (C=O) groups excluding carboxylic acids is 1. The van der Waals surface area contributed by atoms with Crippen molar-refractivity contribution in [3.63, 3.8) is 0 Å². The molecule has 0 aromatic carbocycles. The lowest BCUT2D eigenvalue weighted by Crippen LogP contribution is -2.02. The van der Waals surface area contributed by atoms with Crippen molar-refractivity contribution in [2.75, 3.05) is 0 Å². The van der Waals surface area contributed by atoms with Crippen LogP contribution in [0.2, 0.25) is 0 Å². The lowest BCUT2D eigenvalue weighted by Gasteiger charge is -1.98. The molecule has 1 heterocycles. The molecule has 1 N–H and O–H groups in total. The molecule has 0 aliphatic rings.